The van der Waals surface area contributed by atoms with E-state index in [2.05, 4.69) is 10.2 Å². The summed E-state index contributed by atoms with van der Waals surface area (Å²) in [7, 11) is 0. The van der Waals surface area contributed by atoms with Gasteiger partial charge >= 0.3 is 6.03 Å². The van der Waals surface area contributed by atoms with Crippen molar-refractivity contribution in [1.29, 1.82) is 0 Å². The first-order chi connectivity index (χ1) is 10.1. The van der Waals surface area contributed by atoms with Gasteiger partial charge in [0.2, 0.25) is 0 Å². The maximum Gasteiger partial charge on any atom is 0.324 e. The number of carbonyl (C=O) groups excluding carboxylic acids is 1. The Balaban J connectivity index is 1.99. The molecule has 1 aromatic carbocycles. The first-order valence-electron chi connectivity index (χ1n) is 7.06. The highest BCUT2D eigenvalue weighted by atomic mass is 16.2. The Hall–Kier alpha value is -2.50. The molecule has 1 fully saturated rings. The van der Waals surface area contributed by atoms with E-state index < -0.39 is 0 Å². The van der Waals surface area contributed by atoms with Crippen LogP contribution in [0.2, 0.25) is 0 Å². The van der Waals surface area contributed by atoms with Crippen molar-refractivity contribution in [3.8, 4) is 11.3 Å². The van der Waals surface area contributed by atoms with Crippen LogP contribution < -0.4 is 10.6 Å². The van der Waals surface area contributed by atoms with Crippen LogP contribution in [0.5, 0.6) is 0 Å². The second-order valence-electron chi connectivity index (χ2n) is 5.44. The van der Waals surface area contributed by atoms with Gasteiger partial charge in [-0.3, -0.25) is 10.00 Å². The molecule has 1 aliphatic heterocycles. The Bertz CT molecular complexity index is 664. The van der Waals surface area contributed by atoms with Gasteiger partial charge in [-0.2, -0.15) is 5.10 Å². The molecule has 0 radical (unpaired) electrons. The van der Waals surface area contributed by atoms with E-state index in [0.29, 0.717) is 12.4 Å². The summed E-state index contributed by atoms with van der Waals surface area (Å²) in [6.07, 6.45) is 0. The van der Waals surface area contributed by atoms with Crippen LogP contribution in [0.3, 0.4) is 0 Å². The minimum Gasteiger partial charge on any atom is -0.382 e. The molecule has 6 heteroatoms. The number of hydrogen-bond donors (Lipinski definition) is 2. The number of H-pyrrole nitrogens is 1. The number of rotatable bonds is 3. The van der Waals surface area contributed by atoms with Gasteiger partial charge in [-0.25, -0.2) is 4.79 Å². The average molecular weight is 285 g/mol. The number of urea groups is 1. The van der Waals surface area contributed by atoms with Gasteiger partial charge in [-0.15, -0.1) is 0 Å². The zero-order valence-corrected chi connectivity index (χ0v) is 12.2. The van der Waals surface area contributed by atoms with Crippen molar-refractivity contribution in [3.05, 3.63) is 30.3 Å². The molecule has 3 rings (SSSR count). The van der Waals surface area contributed by atoms with Crippen LogP contribution >= 0.6 is 0 Å². The predicted octanol–water partition coefficient (Wildman–Crippen LogP) is 2.31. The van der Waals surface area contributed by atoms with Gasteiger partial charge in [0.25, 0.3) is 0 Å². The molecular weight excluding hydrogens is 266 g/mol. The van der Waals surface area contributed by atoms with E-state index in [0.717, 1.165) is 23.5 Å². The summed E-state index contributed by atoms with van der Waals surface area (Å²) in [4.78, 5) is 16.2. The largest absolute Gasteiger partial charge is 0.382 e. The van der Waals surface area contributed by atoms with Gasteiger partial charge < -0.3 is 10.6 Å². The van der Waals surface area contributed by atoms with E-state index >= 15 is 0 Å². The summed E-state index contributed by atoms with van der Waals surface area (Å²) < 4.78 is 0. The van der Waals surface area contributed by atoms with Crippen LogP contribution in [0, 0.1) is 0 Å². The molecule has 0 aliphatic carbocycles. The Kier molecular flexibility index (Phi) is 3.29. The Morgan fingerprint density at radius 2 is 2.05 bits per heavy atom. The minimum absolute atomic E-state index is 0.0462. The Morgan fingerprint density at radius 1 is 1.29 bits per heavy atom. The highest BCUT2D eigenvalue weighted by Crippen LogP contribution is 2.32. The predicted molar refractivity (Wildman–Crippen MR) is 83.0 cm³/mol. The molecule has 3 N–H and O–H groups in total. The van der Waals surface area contributed by atoms with Crippen molar-refractivity contribution in [2.75, 3.05) is 23.7 Å². The third kappa shape index (κ3) is 2.33. The summed E-state index contributed by atoms with van der Waals surface area (Å²) >= 11 is 0. The number of nitrogens with one attached hydrogen (secondary N) is 1. The van der Waals surface area contributed by atoms with Crippen molar-refractivity contribution in [1.82, 2.24) is 15.1 Å². The van der Waals surface area contributed by atoms with Crippen LogP contribution in [-0.2, 0) is 0 Å². The van der Waals surface area contributed by atoms with E-state index in [4.69, 9.17) is 5.73 Å². The number of hydrogen-bond acceptors (Lipinski definition) is 3. The number of nitrogens with zero attached hydrogens (tertiary/aromatic N) is 3. The Labute approximate surface area is 123 Å². The molecule has 0 spiro atoms. The lowest BCUT2D eigenvalue weighted by molar-refractivity contribution is 0.209. The summed E-state index contributed by atoms with van der Waals surface area (Å²) in [5.41, 5.74) is 8.31. The van der Waals surface area contributed by atoms with Gasteiger partial charge in [0, 0.05) is 30.8 Å². The van der Waals surface area contributed by atoms with E-state index in [1.807, 2.05) is 47.9 Å². The maximum atomic E-state index is 12.5. The molecule has 0 saturated carbocycles. The van der Waals surface area contributed by atoms with Crippen LogP contribution in [0.1, 0.15) is 13.8 Å². The first kappa shape index (κ1) is 13.5. The summed E-state index contributed by atoms with van der Waals surface area (Å²) in [5.74, 6) is 0.441. The van der Waals surface area contributed by atoms with Crippen molar-refractivity contribution in [2.24, 2.45) is 0 Å². The molecule has 1 saturated heterocycles. The van der Waals surface area contributed by atoms with E-state index in [-0.39, 0.29) is 12.1 Å². The number of nitrogen functional groups attached to an aromatic ring is 1. The van der Waals surface area contributed by atoms with Crippen LogP contribution in [0.25, 0.3) is 11.3 Å². The monoisotopic (exact) mass is 285 g/mol. The second kappa shape index (κ2) is 5.12. The van der Waals surface area contributed by atoms with Gasteiger partial charge in [0.1, 0.15) is 5.82 Å². The lowest BCUT2D eigenvalue weighted by atomic mass is 10.1. The number of aromatic amines is 1. The molecule has 1 aromatic heterocycles. The standard InChI is InChI=1S/C15H19N5O/c1-10(2)19-7-8-20(15(19)21)13-6-4-3-5-11(13)12-9-14(16)18-17-12/h3-6,9-10H,7-8H2,1-2H3,(H3,16,17,18). The van der Waals surface area contributed by atoms with Gasteiger partial charge in [0.15, 0.2) is 0 Å². The lowest BCUT2D eigenvalue weighted by Gasteiger charge is -2.23. The zero-order valence-electron chi connectivity index (χ0n) is 12.2. The number of carbonyl (C=O) groups is 1. The van der Waals surface area contributed by atoms with Gasteiger partial charge in [-0.05, 0) is 19.9 Å². The van der Waals surface area contributed by atoms with Crippen molar-refractivity contribution in [2.45, 2.75) is 19.9 Å². The molecule has 0 unspecified atom stereocenters. The molecular formula is C15H19N5O. The van der Waals surface area contributed by atoms with E-state index in [9.17, 15) is 4.79 Å². The van der Waals surface area contributed by atoms with E-state index in [1.165, 1.54) is 0 Å². The fraction of sp³-hybridized carbons (Fsp3) is 0.333. The number of benzene rings is 1. The fourth-order valence-electron chi connectivity index (χ4n) is 2.67. The normalized spacial score (nSPS) is 15.3. The summed E-state index contributed by atoms with van der Waals surface area (Å²) in [6, 6.07) is 9.82. The highest BCUT2D eigenvalue weighted by Gasteiger charge is 2.32. The molecule has 2 aromatic rings. The molecule has 21 heavy (non-hydrogen) atoms. The number of para-hydroxylation sites is 1. The molecule has 6 nitrogen and oxygen atoms in total. The summed E-state index contributed by atoms with van der Waals surface area (Å²) in [6.45, 7) is 5.50. The van der Waals surface area contributed by atoms with Crippen LogP contribution in [-0.4, -0.2) is 40.3 Å². The first-order valence-corrected chi connectivity index (χ1v) is 7.06. The number of amides is 2. The summed E-state index contributed by atoms with van der Waals surface area (Å²) in [5, 5.41) is 6.87. The van der Waals surface area contributed by atoms with Gasteiger partial charge in [-0.1, -0.05) is 18.2 Å². The van der Waals surface area contributed by atoms with E-state index in [1.54, 1.807) is 6.07 Å². The number of anilines is 2. The smallest absolute Gasteiger partial charge is 0.324 e. The number of aromatic nitrogens is 2. The number of nitrogens with two attached hydrogens (primary N) is 1. The molecule has 2 heterocycles. The molecule has 1 aliphatic rings. The highest BCUT2D eigenvalue weighted by molar-refractivity contribution is 5.98. The maximum absolute atomic E-state index is 12.5. The van der Waals surface area contributed by atoms with Crippen molar-refractivity contribution in [3.63, 3.8) is 0 Å². The molecule has 0 atom stereocenters. The lowest BCUT2D eigenvalue weighted by Crippen LogP contribution is -2.36. The van der Waals surface area contributed by atoms with Crippen molar-refractivity contribution < 1.29 is 4.79 Å². The third-order valence-electron chi connectivity index (χ3n) is 3.75. The molecule has 110 valence electrons. The van der Waals surface area contributed by atoms with Gasteiger partial charge in [0.05, 0.1) is 11.4 Å². The Morgan fingerprint density at radius 3 is 2.67 bits per heavy atom. The van der Waals surface area contributed by atoms with Crippen LogP contribution in [0.4, 0.5) is 16.3 Å². The average Bonchev–Trinajstić information content (AvgIpc) is 3.05. The third-order valence-corrected chi connectivity index (χ3v) is 3.75. The SMILES string of the molecule is CC(C)N1CCN(c2ccccc2-c2cc(N)n[nH]2)C1=O. The van der Waals surface area contributed by atoms with Crippen molar-refractivity contribution >= 4 is 17.5 Å². The van der Waals surface area contributed by atoms with Crippen LogP contribution in [0.15, 0.2) is 30.3 Å². The fourth-order valence-corrected chi connectivity index (χ4v) is 2.67. The topological polar surface area (TPSA) is 78.2 Å². The minimum atomic E-state index is 0.0462. The molecule has 0 bridgehead atoms. The molecule has 2 amide bonds. The zero-order chi connectivity index (χ0) is 15.0. The quantitative estimate of drug-likeness (QED) is 0.908. The second-order valence-corrected chi connectivity index (χ2v) is 5.44.